The Bertz CT molecular complexity index is 346. The van der Waals surface area contributed by atoms with Crippen molar-refractivity contribution in [2.75, 3.05) is 6.54 Å². The quantitative estimate of drug-likeness (QED) is 0.792. The monoisotopic (exact) mass is 268 g/mol. The van der Waals surface area contributed by atoms with Crippen molar-refractivity contribution in [1.82, 2.24) is 4.90 Å². The molecular formula is C14H24N2O3. The fourth-order valence-corrected chi connectivity index (χ4v) is 3.55. The zero-order valence-electron chi connectivity index (χ0n) is 11.4. The molecule has 0 aromatic carbocycles. The van der Waals surface area contributed by atoms with Crippen LogP contribution < -0.4 is 5.73 Å². The van der Waals surface area contributed by atoms with Crippen molar-refractivity contribution < 1.29 is 14.7 Å². The van der Waals surface area contributed by atoms with Crippen LogP contribution in [-0.2, 0) is 9.59 Å². The lowest BCUT2D eigenvalue weighted by molar-refractivity contribution is -0.148. The maximum atomic E-state index is 12.4. The molecule has 19 heavy (non-hydrogen) atoms. The van der Waals surface area contributed by atoms with Gasteiger partial charge in [-0.05, 0) is 31.6 Å². The first-order valence-electron chi connectivity index (χ1n) is 7.37. The summed E-state index contributed by atoms with van der Waals surface area (Å²) in [5, 5.41) is 9.06. The zero-order chi connectivity index (χ0) is 13.8. The van der Waals surface area contributed by atoms with Crippen LogP contribution in [0.1, 0.15) is 51.4 Å². The number of aliphatic carboxylic acids is 1. The summed E-state index contributed by atoms with van der Waals surface area (Å²) in [6, 6.07) is -0.443. The molecule has 0 radical (unpaired) electrons. The van der Waals surface area contributed by atoms with Gasteiger partial charge < -0.3 is 15.7 Å². The number of nitrogens with two attached hydrogens (primary N) is 1. The van der Waals surface area contributed by atoms with Crippen LogP contribution in [0, 0.1) is 5.92 Å². The molecule has 108 valence electrons. The molecule has 2 aliphatic rings. The van der Waals surface area contributed by atoms with Gasteiger partial charge in [0.05, 0.1) is 6.04 Å². The molecular weight excluding hydrogens is 244 g/mol. The van der Waals surface area contributed by atoms with Gasteiger partial charge in [0, 0.05) is 6.04 Å². The molecule has 1 saturated heterocycles. The first kappa shape index (κ1) is 14.3. The summed E-state index contributed by atoms with van der Waals surface area (Å²) in [5.41, 5.74) is 5.92. The number of amides is 1. The first-order valence-corrected chi connectivity index (χ1v) is 7.37. The van der Waals surface area contributed by atoms with Crippen molar-refractivity contribution in [3.63, 3.8) is 0 Å². The normalized spacial score (nSPS) is 33.0. The Hall–Kier alpha value is -1.10. The van der Waals surface area contributed by atoms with E-state index < -0.39 is 12.0 Å². The van der Waals surface area contributed by atoms with Crippen LogP contribution in [0.2, 0.25) is 0 Å². The maximum absolute atomic E-state index is 12.4. The van der Waals surface area contributed by atoms with Crippen LogP contribution in [0.25, 0.3) is 0 Å². The lowest BCUT2D eigenvalue weighted by Gasteiger charge is -2.39. The Labute approximate surface area is 114 Å². The molecule has 3 unspecified atom stereocenters. The fraction of sp³-hybridized carbons (Fsp3) is 0.857. The van der Waals surface area contributed by atoms with E-state index >= 15 is 0 Å². The van der Waals surface area contributed by atoms with Gasteiger partial charge in [0.1, 0.15) is 6.54 Å². The van der Waals surface area contributed by atoms with Gasteiger partial charge in [-0.3, -0.25) is 9.59 Å². The number of carboxylic acid groups (broad SMARTS) is 1. The van der Waals surface area contributed by atoms with Crippen molar-refractivity contribution in [1.29, 1.82) is 0 Å². The minimum atomic E-state index is -0.941. The Morgan fingerprint density at radius 2 is 1.74 bits per heavy atom. The molecule has 0 aromatic rings. The standard InChI is InChI=1S/C14H24N2O3/c15-11-7-3-1-5-10-6-2-4-8-12(10)16(14(11)19)9-13(17)18/h10-12H,1-9,15H2,(H,17,18). The molecule has 1 saturated carbocycles. The van der Waals surface area contributed by atoms with Crippen LogP contribution in [0.15, 0.2) is 0 Å². The van der Waals surface area contributed by atoms with E-state index in [1.54, 1.807) is 4.90 Å². The topological polar surface area (TPSA) is 83.6 Å². The number of nitrogens with zero attached hydrogens (tertiary/aromatic N) is 1. The van der Waals surface area contributed by atoms with Gasteiger partial charge in [-0.2, -0.15) is 0 Å². The summed E-state index contributed by atoms with van der Waals surface area (Å²) < 4.78 is 0. The summed E-state index contributed by atoms with van der Waals surface area (Å²) in [5.74, 6) is -0.646. The molecule has 0 spiro atoms. The molecule has 2 fully saturated rings. The Morgan fingerprint density at radius 3 is 2.37 bits per heavy atom. The van der Waals surface area contributed by atoms with E-state index in [-0.39, 0.29) is 18.5 Å². The lowest BCUT2D eigenvalue weighted by Crippen LogP contribution is -2.53. The van der Waals surface area contributed by atoms with Gasteiger partial charge in [0.15, 0.2) is 0 Å². The molecule has 0 bridgehead atoms. The van der Waals surface area contributed by atoms with Crippen LogP contribution in [0.5, 0.6) is 0 Å². The van der Waals surface area contributed by atoms with E-state index in [0.717, 1.165) is 38.5 Å². The van der Waals surface area contributed by atoms with Crippen molar-refractivity contribution in [2.24, 2.45) is 11.7 Å². The minimum absolute atomic E-state index is 0.0847. The second-order valence-corrected chi connectivity index (χ2v) is 5.86. The largest absolute Gasteiger partial charge is 0.480 e. The highest BCUT2D eigenvalue weighted by Crippen LogP contribution is 2.33. The molecule has 1 aliphatic carbocycles. The predicted molar refractivity (Wildman–Crippen MR) is 71.5 cm³/mol. The summed E-state index contributed by atoms with van der Waals surface area (Å²) in [6.07, 6.45) is 8.16. The molecule has 2 rings (SSSR count). The number of hydrogen-bond donors (Lipinski definition) is 2. The van der Waals surface area contributed by atoms with Crippen LogP contribution in [0.4, 0.5) is 0 Å². The third-order valence-corrected chi connectivity index (χ3v) is 4.52. The third-order valence-electron chi connectivity index (χ3n) is 4.52. The highest BCUT2D eigenvalue weighted by Gasteiger charge is 2.36. The second kappa shape index (κ2) is 6.37. The summed E-state index contributed by atoms with van der Waals surface area (Å²) in [7, 11) is 0. The van der Waals surface area contributed by atoms with Gasteiger partial charge in [-0.1, -0.05) is 25.7 Å². The Balaban J connectivity index is 2.21. The number of carbonyl (C=O) groups is 2. The number of hydrogen-bond acceptors (Lipinski definition) is 3. The van der Waals surface area contributed by atoms with E-state index in [2.05, 4.69) is 0 Å². The number of carbonyl (C=O) groups excluding carboxylic acids is 1. The molecule has 5 nitrogen and oxygen atoms in total. The second-order valence-electron chi connectivity index (χ2n) is 5.86. The molecule has 5 heteroatoms. The fourth-order valence-electron chi connectivity index (χ4n) is 3.55. The van der Waals surface area contributed by atoms with E-state index in [4.69, 9.17) is 10.8 Å². The van der Waals surface area contributed by atoms with Crippen molar-refractivity contribution in [3.05, 3.63) is 0 Å². The molecule has 0 aromatic heterocycles. The Morgan fingerprint density at radius 1 is 1.16 bits per heavy atom. The third kappa shape index (κ3) is 3.47. The number of carboxylic acids is 1. The average molecular weight is 268 g/mol. The highest BCUT2D eigenvalue weighted by molar-refractivity contribution is 5.85. The van der Waals surface area contributed by atoms with E-state index in [1.807, 2.05) is 0 Å². The summed E-state index contributed by atoms with van der Waals surface area (Å²) >= 11 is 0. The molecule has 3 atom stereocenters. The zero-order valence-corrected chi connectivity index (χ0v) is 11.4. The lowest BCUT2D eigenvalue weighted by atomic mass is 9.80. The molecule has 1 aliphatic heterocycles. The highest BCUT2D eigenvalue weighted by atomic mass is 16.4. The van der Waals surface area contributed by atoms with Crippen molar-refractivity contribution in [2.45, 2.75) is 63.5 Å². The van der Waals surface area contributed by atoms with E-state index in [1.165, 1.54) is 6.42 Å². The van der Waals surface area contributed by atoms with Crippen molar-refractivity contribution >= 4 is 11.9 Å². The predicted octanol–water partition coefficient (Wildman–Crippen LogP) is 1.36. The molecule has 3 N–H and O–H groups in total. The van der Waals surface area contributed by atoms with Gasteiger partial charge in [0.25, 0.3) is 0 Å². The smallest absolute Gasteiger partial charge is 0.323 e. The summed E-state index contributed by atoms with van der Waals surface area (Å²) in [6.45, 7) is -0.201. The van der Waals surface area contributed by atoms with E-state index in [9.17, 15) is 9.59 Å². The first-order chi connectivity index (χ1) is 9.09. The number of fused-ring (bicyclic) bond motifs is 1. The summed E-state index contributed by atoms with van der Waals surface area (Å²) in [4.78, 5) is 25.0. The number of rotatable bonds is 2. The molecule has 1 amide bonds. The maximum Gasteiger partial charge on any atom is 0.323 e. The van der Waals surface area contributed by atoms with Gasteiger partial charge in [0.2, 0.25) is 5.91 Å². The Kier molecular flexibility index (Phi) is 4.80. The van der Waals surface area contributed by atoms with Gasteiger partial charge in [-0.15, -0.1) is 0 Å². The van der Waals surface area contributed by atoms with E-state index in [0.29, 0.717) is 12.3 Å². The van der Waals surface area contributed by atoms with Crippen LogP contribution >= 0.6 is 0 Å². The average Bonchev–Trinajstić information content (AvgIpc) is 2.44. The van der Waals surface area contributed by atoms with Crippen LogP contribution in [0.3, 0.4) is 0 Å². The minimum Gasteiger partial charge on any atom is -0.480 e. The van der Waals surface area contributed by atoms with Gasteiger partial charge >= 0.3 is 5.97 Å². The van der Waals surface area contributed by atoms with Crippen LogP contribution in [-0.4, -0.2) is 40.5 Å². The SMILES string of the molecule is NC1CCCCC2CCCCC2N(CC(=O)O)C1=O. The molecule has 1 heterocycles. The van der Waals surface area contributed by atoms with Gasteiger partial charge in [-0.25, -0.2) is 0 Å². The van der Waals surface area contributed by atoms with Crippen molar-refractivity contribution in [3.8, 4) is 0 Å².